The third kappa shape index (κ3) is 6.14. The average Bonchev–Trinajstić information content (AvgIpc) is 2.66. The lowest BCUT2D eigenvalue weighted by Gasteiger charge is -2.15. The number of hydrogen-bond donors (Lipinski definition) is 2. The summed E-state index contributed by atoms with van der Waals surface area (Å²) in [6, 6.07) is 13.3. The molecule has 2 aromatic carbocycles. The number of nitrogens with one attached hydrogen (secondary N) is 2. The highest BCUT2D eigenvalue weighted by Gasteiger charge is 2.13. The summed E-state index contributed by atoms with van der Waals surface area (Å²) in [5.41, 5.74) is 1.77. The molecule has 1 atom stereocenters. The van der Waals surface area contributed by atoms with E-state index in [9.17, 15) is 14.4 Å². The highest BCUT2D eigenvalue weighted by molar-refractivity contribution is 5.93. The first-order valence-electron chi connectivity index (χ1n) is 8.37. The lowest BCUT2D eigenvalue weighted by molar-refractivity contribution is -0.124. The topological polar surface area (TPSA) is 93.7 Å². The maximum Gasteiger partial charge on any atom is 0.338 e. The first-order valence-corrected chi connectivity index (χ1v) is 8.37. The zero-order chi connectivity index (χ0) is 19.8. The molecular formula is C20H22N2O5. The Morgan fingerprint density at radius 3 is 2.19 bits per heavy atom. The molecular weight excluding hydrogens is 348 g/mol. The normalized spacial score (nSPS) is 11.2. The molecule has 27 heavy (non-hydrogen) atoms. The maximum absolute atomic E-state index is 12.0. The van der Waals surface area contributed by atoms with E-state index in [2.05, 4.69) is 10.6 Å². The van der Waals surface area contributed by atoms with Crippen LogP contribution in [0.15, 0.2) is 48.5 Å². The van der Waals surface area contributed by atoms with Crippen molar-refractivity contribution in [3.63, 3.8) is 0 Å². The van der Waals surface area contributed by atoms with Gasteiger partial charge in [0.25, 0.3) is 5.91 Å². The summed E-state index contributed by atoms with van der Waals surface area (Å²) in [4.78, 5) is 35.0. The van der Waals surface area contributed by atoms with Gasteiger partial charge in [0.05, 0.1) is 18.7 Å². The van der Waals surface area contributed by atoms with Crippen molar-refractivity contribution in [1.82, 2.24) is 5.32 Å². The maximum atomic E-state index is 12.0. The van der Waals surface area contributed by atoms with Gasteiger partial charge in [0.15, 0.2) is 6.61 Å². The van der Waals surface area contributed by atoms with Crippen LogP contribution in [-0.4, -0.2) is 31.5 Å². The van der Waals surface area contributed by atoms with E-state index < -0.39 is 11.9 Å². The first kappa shape index (κ1) is 20.0. The predicted octanol–water partition coefficient (Wildman–Crippen LogP) is 2.69. The number of hydrogen-bond acceptors (Lipinski definition) is 5. The van der Waals surface area contributed by atoms with Crippen molar-refractivity contribution in [3.05, 3.63) is 59.7 Å². The van der Waals surface area contributed by atoms with Gasteiger partial charge in [0.1, 0.15) is 5.75 Å². The van der Waals surface area contributed by atoms with Crippen molar-refractivity contribution in [2.75, 3.05) is 19.0 Å². The largest absolute Gasteiger partial charge is 0.497 e. The molecule has 0 fully saturated rings. The molecule has 7 heteroatoms. The molecule has 2 rings (SSSR count). The highest BCUT2D eigenvalue weighted by atomic mass is 16.5. The van der Waals surface area contributed by atoms with Crippen molar-refractivity contribution < 1.29 is 23.9 Å². The monoisotopic (exact) mass is 370 g/mol. The van der Waals surface area contributed by atoms with Gasteiger partial charge in [-0.3, -0.25) is 9.59 Å². The van der Waals surface area contributed by atoms with Crippen LogP contribution in [0.2, 0.25) is 0 Å². The average molecular weight is 370 g/mol. The van der Waals surface area contributed by atoms with Crippen molar-refractivity contribution in [2.45, 2.75) is 19.9 Å². The number of esters is 1. The fraction of sp³-hybridized carbons (Fsp3) is 0.250. The molecule has 0 unspecified atom stereocenters. The lowest BCUT2D eigenvalue weighted by Crippen LogP contribution is -2.31. The molecule has 0 aliphatic carbocycles. The number of methoxy groups -OCH3 is 1. The fourth-order valence-electron chi connectivity index (χ4n) is 2.37. The van der Waals surface area contributed by atoms with Gasteiger partial charge in [0.2, 0.25) is 5.91 Å². The zero-order valence-electron chi connectivity index (χ0n) is 15.4. The van der Waals surface area contributed by atoms with Gasteiger partial charge in [-0.15, -0.1) is 0 Å². The Morgan fingerprint density at radius 2 is 1.63 bits per heavy atom. The summed E-state index contributed by atoms with van der Waals surface area (Å²) in [6.45, 7) is 2.85. The number of amides is 2. The number of carbonyl (C=O) groups excluding carboxylic acids is 3. The van der Waals surface area contributed by atoms with Gasteiger partial charge >= 0.3 is 5.97 Å². The molecule has 0 spiro atoms. The summed E-state index contributed by atoms with van der Waals surface area (Å²) in [5.74, 6) is -0.484. The second-order valence-corrected chi connectivity index (χ2v) is 5.90. The smallest absolute Gasteiger partial charge is 0.338 e. The molecule has 2 amide bonds. The summed E-state index contributed by atoms with van der Waals surface area (Å²) in [7, 11) is 1.59. The molecule has 142 valence electrons. The number of ether oxygens (including phenoxy) is 2. The summed E-state index contributed by atoms with van der Waals surface area (Å²) >= 11 is 0. The van der Waals surface area contributed by atoms with E-state index in [1.165, 1.54) is 19.1 Å². The van der Waals surface area contributed by atoms with Crippen molar-refractivity contribution in [3.8, 4) is 5.75 Å². The van der Waals surface area contributed by atoms with E-state index in [-0.39, 0.29) is 18.6 Å². The van der Waals surface area contributed by atoms with Gasteiger partial charge in [-0.1, -0.05) is 12.1 Å². The number of benzene rings is 2. The van der Waals surface area contributed by atoms with Crippen molar-refractivity contribution in [1.29, 1.82) is 0 Å². The van der Waals surface area contributed by atoms with Crippen LogP contribution < -0.4 is 15.4 Å². The second-order valence-electron chi connectivity index (χ2n) is 5.90. The molecule has 0 aliphatic heterocycles. The molecule has 0 radical (unpaired) electrons. The van der Waals surface area contributed by atoms with Gasteiger partial charge < -0.3 is 20.1 Å². The Morgan fingerprint density at radius 1 is 1.00 bits per heavy atom. The predicted molar refractivity (Wildman–Crippen MR) is 101 cm³/mol. The first-order chi connectivity index (χ1) is 12.9. The van der Waals surface area contributed by atoms with E-state index >= 15 is 0 Å². The zero-order valence-corrected chi connectivity index (χ0v) is 15.4. The quantitative estimate of drug-likeness (QED) is 0.731. The van der Waals surface area contributed by atoms with Crippen LogP contribution in [0, 0.1) is 0 Å². The second kappa shape index (κ2) is 9.38. The third-order valence-electron chi connectivity index (χ3n) is 3.77. The van der Waals surface area contributed by atoms with E-state index in [1.807, 2.05) is 31.2 Å². The lowest BCUT2D eigenvalue weighted by atomic mass is 10.1. The van der Waals surface area contributed by atoms with Crippen LogP contribution >= 0.6 is 0 Å². The van der Waals surface area contributed by atoms with Crippen LogP contribution in [0.4, 0.5) is 5.69 Å². The van der Waals surface area contributed by atoms with Crippen LogP contribution in [-0.2, 0) is 14.3 Å². The van der Waals surface area contributed by atoms with Gasteiger partial charge in [0, 0.05) is 12.6 Å². The summed E-state index contributed by atoms with van der Waals surface area (Å²) < 4.78 is 10.1. The molecule has 0 aromatic heterocycles. The standard InChI is InChI=1S/C20H22N2O5/c1-13(15-6-10-18(26-3)11-7-15)21-19(24)12-27-20(25)16-4-8-17(9-5-16)22-14(2)23/h4-11,13H,12H2,1-3H3,(H,21,24)(H,22,23)/t13-/m1/s1. The fourth-order valence-corrected chi connectivity index (χ4v) is 2.37. The Balaban J connectivity index is 1.83. The summed E-state index contributed by atoms with van der Waals surface area (Å²) in [5, 5.41) is 5.37. The van der Waals surface area contributed by atoms with Crippen molar-refractivity contribution in [2.24, 2.45) is 0 Å². The Kier molecular flexibility index (Phi) is 6.93. The Bertz CT molecular complexity index is 800. The molecule has 0 aliphatic rings. The third-order valence-corrected chi connectivity index (χ3v) is 3.77. The molecule has 2 N–H and O–H groups in total. The number of carbonyl (C=O) groups is 3. The van der Waals surface area contributed by atoms with E-state index in [4.69, 9.17) is 9.47 Å². The minimum Gasteiger partial charge on any atom is -0.497 e. The molecule has 7 nitrogen and oxygen atoms in total. The molecule has 0 bridgehead atoms. The SMILES string of the molecule is COc1ccc([C@@H](C)NC(=O)COC(=O)c2ccc(NC(C)=O)cc2)cc1. The van der Waals surface area contributed by atoms with Gasteiger partial charge in [-0.05, 0) is 48.9 Å². The van der Waals surface area contributed by atoms with Crippen molar-refractivity contribution >= 4 is 23.5 Å². The van der Waals surface area contributed by atoms with Crippen LogP contribution in [0.1, 0.15) is 35.8 Å². The number of anilines is 1. The molecule has 0 heterocycles. The molecule has 0 saturated carbocycles. The Hall–Kier alpha value is -3.35. The minimum atomic E-state index is -0.614. The van der Waals surface area contributed by atoms with Gasteiger partial charge in [-0.2, -0.15) is 0 Å². The van der Waals surface area contributed by atoms with Gasteiger partial charge in [-0.25, -0.2) is 4.79 Å². The molecule has 0 saturated heterocycles. The Labute approximate surface area is 157 Å². The number of rotatable bonds is 7. The summed E-state index contributed by atoms with van der Waals surface area (Å²) in [6.07, 6.45) is 0. The van der Waals surface area contributed by atoms with Crippen LogP contribution in [0.3, 0.4) is 0 Å². The van der Waals surface area contributed by atoms with E-state index in [1.54, 1.807) is 19.2 Å². The van der Waals surface area contributed by atoms with Crippen LogP contribution in [0.5, 0.6) is 5.75 Å². The van der Waals surface area contributed by atoms with E-state index in [0.717, 1.165) is 11.3 Å². The van der Waals surface area contributed by atoms with Crippen LogP contribution in [0.25, 0.3) is 0 Å². The minimum absolute atomic E-state index is 0.201. The highest BCUT2D eigenvalue weighted by Crippen LogP contribution is 2.17. The van der Waals surface area contributed by atoms with E-state index in [0.29, 0.717) is 11.3 Å². The molecule has 2 aromatic rings.